The van der Waals surface area contributed by atoms with Crippen LogP contribution in [0.2, 0.25) is 5.02 Å². The van der Waals surface area contributed by atoms with E-state index in [4.69, 9.17) is 22.1 Å². The molecule has 1 fully saturated rings. The number of urea groups is 1. The normalized spacial score (nSPS) is 16.7. The molecule has 21 heavy (non-hydrogen) atoms. The molecule has 1 aromatic carbocycles. The molecule has 1 heterocycles. The number of benzene rings is 1. The molecule has 0 atom stereocenters. The molecule has 2 rings (SSSR count). The number of primary amides is 1. The Hall–Kier alpha value is -1.53. The fourth-order valence-electron chi connectivity index (χ4n) is 2.36. The smallest absolute Gasteiger partial charge is 0.312 e. The highest BCUT2D eigenvalue weighted by Gasteiger charge is 2.19. The second-order valence-corrected chi connectivity index (χ2v) is 5.46. The number of nitrogens with two attached hydrogens (primary N) is 1. The summed E-state index contributed by atoms with van der Waals surface area (Å²) in [6.07, 6.45) is 1.75. The van der Waals surface area contributed by atoms with E-state index in [1.807, 2.05) is 0 Å². The van der Waals surface area contributed by atoms with Crippen LogP contribution in [0.3, 0.4) is 0 Å². The number of piperidine rings is 1. The molecular formula is C14H19ClFN3O2. The van der Waals surface area contributed by atoms with E-state index >= 15 is 0 Å². The molecule has 0 aliphatic carbocycles. The van der Waals surface area contributed by atoms with Crippen molar-refractivity contribution in [1.82, 2.24) is 10.2 Å². The predicted molar refractivity (Wildman–Crippen MR) is 79.1 cm³/mol. The van der Waals surface area contributed by atoms with E-state index in [1.54, 1.807) is 6.07 Å². The van der Waals surface area contributed by atoms with Crippen LogP contribution in [0.5, 0.6) is 5.75 Å². The van der Waals surface area contributed by atoms with E-state index in [0.717, 1.165) is 32.5 Å². The number of likely N-dealkylation sites (tertiary alicyclic amines) is 1. The molecule has 2 amide bonds. The molecular weight excluding hydrogens is 297 g/mol. The summed E-state index contributed by atoms with van der Waals surface area (Å²) in [5, 5.41) is 2.81. The second kappa shape index (κ2) is 7.47. The van der Waals surface area contributed by atoms with Crippen molar-refractivity contribution in [2.45, 2.75) is 18.9 Å². The van der Waals surface area contributed by atoms with Gasteiger partial charge in [0.05, 0.1) is 5.02 Å². The zero-order valence-corrected chi connectivity index (χ0v) is 12.4. The Balaban J connectivity index is 1.68. The molecule has 3 N–H and O–H groups in total. The summed E-state index contributed by atoms with van der Waals surface area (Å²) in [5.74, 6) is -0.00492. The summed E-state index contributed by atoms with van der Waals surface area (Å²) in [7, 11) is 0. The first-order chi connectivity index (χ1) is 10.0. The molecule has 0 saturated carbocycles. The van der Waals surface area contributed by atoms with Gasteiger partial charge in [0.2, 0.25) is 0 Å². The molecule has 0 aromatic heterocycles. The molecule has 116 valence electrons. The highest BCUT2D eigenvalue weighted by molar-refractivity contribution is 6.30. The largest absolute Gasteiger partial charge is 0.492 e. The van der Waals surface area contributed by atoms with Crippen LogP contribution in [0.25, 0.3) is 0 Å². The van der Waals surface area contributed by atoms with Crippen molar-refractivity contribution in [2.24, 2.45) is 5.73 Å². The maximum atomic E-state index is 13.2. The fraction of sp³-hybridized carbons (Fsp3) is 0.500. The third-order valence-electron chi connectivity index (χ3n) is 3.50. The van der Waals surface area contributed by atoms with Crippen molar-refractivity contribution >= 4 is 17.6 Å². The molecule has 0 unspecified atom stereocenters. The zero-order chi connectivity index (χ0) is 15.2. The lowest BCUT2D eigenvalue weighted by Gasteiger charge is -2.31. The van der Waals surface area contributed by atoms with Gasteiger partial charge in [0.1, 0.15) is 18.2 Å². The average Bonchev–Trinajstić information content (AvgIpc) is 2.44. The number of amides is 2. The summed E-state index contributed by atoms with van der Waals surface area (Å²) < 4.78 is 18.7. The molecule has 1 aromatic rings. The van der Waals surface area contributed by atoms with Crippen LogP contribution in [-0.4, -0.2) is 43.2 Å². The van der Waals surface area contributed by atoms with Gasteiger partial charge in [-0.2, -0.15) is 0 Å². The Morgan fingerprint density at radius 2 is 2.19 bits per heavy atom. The van der Waals surface area contributed by atoms with Gasteiger partial charge >= 0.3 is 6.03 Å². The molecule has 7 heteroatoms. The Kier molecular flexibility index (Phi) is 5.64. The van der Waals surface area contributed by atoms with Gasteiger partial charge < -0.3 is 15.8 Å². The van der Waals surface area contributed by atoms with E-state index in [0.29, 0.717) is 12.4 Å². The summed E-state index contributed by atoms with van der Waals surface area (Å²) >= 11 is 5.61. The molecule has 5 nitrogen and oxygen atoms in total. The van der Waals surface area contributed by atoms with Crippen LogP contribution >= 0.6 is 11.6 Å². The van der Waals surface area contributed by atoms with E-state index in [1.165, 1.54) is 12.1 Å². The first kappa shape index (κ1) is 15.9. The number of ether oxygens (including phenoxy) is 1. The summed E-state index contributed by atoms with van der Waals surface area (Å²) in [4.78, 5) is 13.0. The summed E-state index contributed by atoms with van der Waals surface area (Å²) in [6.45, 7) is 3.00. The van der Waals surface area contributed by atoms with E-state index in [2.05, 4.69) is 10.2 Å². The highest BCUT2D eigenvalue weighted by Crippen LogP contribution is 2.20. The van der Waals surface area contributed by atoms with Crippen molar-refractivity contribution in [1.29, 1.82) is 0 Å². The van der Waals surface area contributed by atoms with Crippen molar-refractivity contribution in [2.75, 3.05) is 26.2 Å². The lowest BCUT2D eigenvalue weighted by atomic mass is 10.1. The topological polar surface area (TPSA) is 67.6 Å². The van der Waals surface area contributed by atoms with Gasteiger partial charge in [-0.1, -0.05) is 11.6 Å². The highest BCUT2D eigenvalue weighted by atomic mass is 35.5. The van der Waals surface area contributed by atoms with Gasteiger partial charge in [-0.25, -0.2) is 9.18 Å². The van der Waals surface area contributed by atoms with E-state index in [9.17, 15) is 9.18 Å². The van der Waals surface area contributed by atoms with Crippen molar-refractivity contribution < 1.29 is 13.9 Å². The van der Waals surface area contributed by atoms with Gasteiger partial charge in [0, 0.05) is 31.7 Å². The molecule has 0 bridgehead atoms. The lowest BCUT2D eigenvalue weighted by Crippen LogP contribution is -2.47. The van der Waals surface area contributed by atoms with Crippen LogP contribution < -0.4 is 15.8 Å². The summed E-state index contributed by atoms with van der Waals surface area (Å²) in [6, 6.07) is 4.10. The number of halogens is 2. The third kappa shape index (κ3) is 5.06. The third-order valence-corrected chi connectivity index (χ3v) is 3.81. The fourth-order valence-corrected chi connectivity index (χ4v) is 2.48. The minimum atomic E-state index is -0.479. The first-order valence-corrected chi connectivity index (χ1v) is 7.28. The number of nitrogens with zero attached hydrogens (tertiary/aromatic N) is 1. The van der Waals surface area contributed by atoms with E-state index < -0.39 is 11.8 Å². The Labute approximate surface area is 128 Å². The zero-order valence-electron chi connectivity index (χ0n) is 11.6. The van der Waals surface area contributed by atoms with Gasteiger partial charge in [0.15, 0.2) is 0 Å². The lowest BCUT2D eigenvalue weighted by molar-refractivity contribution is 0.165. The predicted octanol–water partition coefficient (Wildman–Crippen LogP) is 1.99. The van der Waals surface area contributed by atoms with Gasteiger partial charge in [-0.15, -0.1) is 0 Å². The number of carbonyl (C=O) groups excluding carboxylic acids is 1. The summed E-state index contributed by atoms with van der Waals surface area (Å²) in [5.41, 5.74) is 5.10. The molecule has 1 saturated heterocycles. The maximum absolute atomic E-state index is 13.2. The van der Waals surface area contributed by atoms with Crippen LogP contribution in [0.15, 0.2) is 18.2 Å². The first-order valence-electron chi connectivity index (χ1n) is 6.91. The Morgan fingerprint density at radius 1 is 1.48 bits per heavy atom. The minimum absolute atomic E-state index is 0.0892. The quantitative estimate of drug-likeness (QED) is 0.873. The number of hydrogen-bond donors (Lipinski definition) is 2. The van der Waals surface area contributed by atoms with Gasteiger partial charge in [0.25, 0.3) is 0 Å². The van der Waals surface area contributed by atoms with Gasteiger partial charge in [-0.05, 0) is 25.0 Å². The Morgan fingerprint density at radius 3 is 2.81 bits per heavy atom. The molecule has 1 aliphatic heterocycles. The van der Waals surface area contributed by atoms with Crippen LogP contribution in [0.1, 0.15) is 12.8 Å². The number of hydrogen-bond acceptors (Lipinski definition) is 3. The number of carbonyl (C=O) groups is 1. The molecule has 1 aliphatic rings. The van der Waals surface area contributed by atoms with Crippen LogP contribution in [-0.2, 0) is 0 Å². The number of rotatable bonds is 5. The van der Waals surface area contributed by atoms with Crippen LogP contribution in [0, 0.1) is 5.82 Å². The van der Waals surface area contributed by atoms with Crippen molar-refractivity contribution in [3.63, 3.8) is 0 Å². The van der Waals surface area contributed by atoms with Crippen molar-refractivity contribution in [3.8, 4) is 5.75 Å². The van der Waals surface area contributed by atoms with Gasteiger partial charge in [-0.3, -0.25) is 4.90 Å². The maximum Gasteiger partial charge on any atom is 0.312 e. The van der Waals surface area contributed by atoms with Crippen LogP contribution in [0.4, 0.5) is 9.18 Å². The average molecular weight is 316 g/mol. The standard InChI is InChI=1S/C14H19ClFN3O2/c15-12-2-1-11(9-13(12)16)21-8-7-19-5-3-10(4-6-19)18-14(17)20/h1-2,9-10H,3-8H2,(H3,17,18,20). The van der Waals surface area contributed by atoms with E-state index in [-0.39, 0.29) is 11.1 Å². The SMILES string of the molecule is NC(=O)NC1CCN(CCOc2ccc(Cl)c(F)c2)CC1. The number of nitrogens with one attached hydrogen (secondary N) is 1. The Bertz CT molecular complexity index is 493. The second-order valence-electron chi connectivity index (χ2n) is 5.05. The molecule has 0 spiro atoms. The monoisotopic (exact) mass is 315 g/mol. The minimum Gasteiger partial charge on any atom is -0.492 e. The van der Waals surface area contributed by atoms with Crippen molar-refractivity contribution in [3.05, 3.63) is 29.0 Å². The molecule has 0 radical (unpaired) electrons.